The Bertz CT molecular complexity index is 1600. The van der Waals surface area contributed by atoms with E-state index in [1.165, 1.54) is 10.8 Å². The molecule has 2 N–H and O–H groups in total. The maximum Gasteiger partial charge on any atom is 0.338 e. The van der Waals surface area contributed by atoms with Crippen LogP contribution in [0.3, 0.4) is 0 Å². The van der Waals surface area contributed by atoms with Crippen LogP contribution in [0.15, 0.2) is 76.9 Å². The van der Waals surface area contributed by atoms with Crippen LogP contribution in [0.1, 0.15) is 31.3 Å². The first kappa shape index (κ1) is 24.8. The quantitative estimate of drug-likeness (QED) is 0.363. The van der Waals surface area contributed by atoms with Crippen LogP contribution >= 0.6 is 0 Å². The van der Waals surface area contributed by atoms with Crippen molar-refractivity contribution in [2.75, 3.05) is 6.61 Å². The van der Waals surface area contributed by atoms with E-state index in [4.69, 9.17) is 9.47 Å². The van der Waals surface area contributed by atoms with Crippen LogP contribution in [0.2, 0.25) is 0 Å². The topological polar surface area (TPSA) is 129 Å². The molecule has 1 aliphatic heterocycles. The number of amides is 2. The molecule has 194 valence electrons. The summed E-state index contributed by atoms with van der Waals surface area (Å²) in [4.78, 5) is 42.2. The Balaban J connectivity index is 1.38. The number of aromatic nitrogens is 4. The molecule has 0 spiro atoms. The standard InChI is InChI=1S/C27H26N6O5/c1-4-37-26(35)22-16(2)29-27(36)31-23(22)17-10-12-19(13-11-17)38-15-21-30-24-20(25(34)32(21)3)14-28-33(24)18-8-6-5-7-9-18/h5-14,23H,4,15H2,1-3H3,(H2,29,31,36). The van der Waals surface area contributed by atoms with Crippen LogP contribution in [0, 0.1) is 0 Å². The zero-order chi connectivity index (χ0) is 26.8. The van der Waals surface area contributed by atoms with Crippen molar-refractivity contribution in [1.29, 1.82) is 0 Å². The van der Waals surface area contributed by atoms with Crippen LogP contribution in [0.4, 0.5) is 4.79 Å². The minimum Gasteiger partial charge on any atom is -0.486 e. The van der Waals surface area contributed by atoms with E-state index >= 15 is 0 Å². The lowest BCUT2D eigenvalue weighted by Gasteiger charge is -2.28. The Morgan fingerprint density at radius 2 is 1.82 bits per heavy atom. The van der Waals surface area contributed by atoms with E-state index in [2.05, 4.69) is 20.7 Å². The fraction of sp³-hybridized carbons (Fsp3) is 0.222. The average Bonchev–Trinajstić information content (AvgIpc) is 3.34. The summed E-state index contributed by atoms with van der Waals surface area (Å²) in [6.07, 6.45) is 1.52. The van der Waals surface area contributed by atoms with Gasteiger partial charge in [0.15, 0.2) is 11.5 Å². The Kier molecular flexibility index (Phi) is 6.65. The summed E-state index contributed by atoms with van der Waals surface area (Å²) in [7, 11) is 1.64. The van der Waals surface area contributed by atoms with Gasteiger partial charge in [-0.05, 0) is 43.7 Å². The van der Waals surface area contributed by atoms with Crippen LogP contribution in [0.5, 0.6) is 5.75 Å². The molecular weight excluding hydrogens is 488 g/mol. The van der Waals surface area contributed by atoms with Gasteiger partial charge >= 0.3 is 12.0 Å². The molecule has 2 amide bonds. The van der Waals surface area contributed by atoms with Gasteiger partial charge in [-0.1, -0.05) is 30.3 Å². The van der Waals surface area contributed by atoms with Crippen molar-refractivity contribution in [2.45, 2.75) is 26.5 Å². The van der Waals surface area contributed by atoms with E-state index < -0.39 is 18.0 Å². The highest BCUT2D eigenvalue weighted by molar-refractivity contribution is 5.95. The lowest BCUT2D eigenvalue weighted by molar-refractivity contribution is -0.139. The zero-order valence-electron chi connectivity index (χ0n) is 21.1. The number of benzene rings is 2. The number of ether oxygens (including phenoxy) is 2. The first-order valence-corrected chi connectivity index (χ1v) is 12.0. The molecule has 0 saturated heterocycles. The maximum atomic E-state index is 12.9. The number of rotatable bonds is 7. The first-order chi connectivity index (χ1) is 18.4. The molecule has 1 atom stereocenters. The summed E-state index contributed by atoms with van der Waals surface area (Å²) in [5.74, 6) is 0.455. The highest BCUT2D eigenvalue weighted by Gasteiger charge is 2.32. The third-order valence-electron chi connectivity index (χ3n) is 6.25. The van der Waals surface area contributed by atoms with Gasteiger partial charge in [0.25, 0.3) is 5.56 Å². The number of urea groups is 1. The van der Waals surface area contributed by atoms with E-state index in [9.17, 15) is 14.4 Å². The summed E-state index contributed by atoms with van der Waals surface area (Å²) in [5.41, 5.74) is 2.48. The number of fused-ring (bicyclic) bond motifs is 1. The minimum atomic E-state index is -0.667. The van der Waals surface area contributed by atoms with Crippen molar-refractivity contribution in [1.82, 2.24) is 30.0 Å². The number of allylic oxidation sites excluding steroid dienone is 1. The van der Waals surface area contributed by atoms with Gasteiger partial charge in [-0.3, -0.25) is 9.36 Å². The largest absolute Gasteiger partial charge is 0.486 e. The normalized spacial score (nSPS) is 15.2. The summed E-state index contributed by atoms with van der Waals surface area (Å²) in [6, 6.07) is 15.4. The number of hydrogen-bond donors (Lipinski definition) is 2. The molecule has 5 rings (SSSR count). The Labute approximate surface area is 217 Å². The summed E-state index contributed by atoms with van der Waals surface area (Å²) < 4.78 is 14.2. The van der Waals surface area contributed by atoms with Crippen LogP contribution < -0.4 is 20.9 Å². The maximum absolute atomic E-state index is 12.9. The smallest absolute Gasteiger partial charge is 0.338 e. The fourth-order valence-electron chi connectivity index (χ4n) is 4.31. The van der Waals surface area contributed by atoms with Gasteiger partial charge in [0.05, 0.1) is 30.1 Å². The van der Waals surface area contributed by atoms with E-state index in [-0.39, 0.29) is 18.8 Å². The number of carbonyl (C=O) groups excluding carboxylic acids is 2. The highest BCUT2D eigenvalue weighted by atomic mass is 16.5. The second-order valence-electron chi connectivity index (χ2n) is 8.67. The second kappa shape index (κ2) is 10.2. The second-order valence-corrected chi connectivity index (χ2v) is 8.67. The average molecular weight is 515 g/mol. The van der Waals surface area contributed by atoms with Crippen molar-refractivity contribution in [2.24, 2.45) is 7.05 Å². The van der Waals surface area contributed by atoms with Crippen LogP contribution in [0.25, 0.3) is 16.7 Å². The van der Waals surface area contributed by atoms with Crippen LogP contribution in [-0.4, -0.2) is 37.9 Å². The van der Waals surface area contributed by atoms with Crippen molar-refractivity contribution < 1.29 is 19.1 Å². The number of nitrogens with one attached hydrogen (secondary N) is 2. The molecule has 3 heterocycles. The molecule has 0 bridgehead atoms. The van der Waals surface area contributed by atoms with Gasteiger partial charge < -0.3 is 20.1 Å². The minimum absolute atomic E-state index is 0.0398. The van der Waals surface area contributed by atoms with E-state index in [0.29, 0.717) is 39.4 Å². The summed E-state index contributed by atoms with van der Waals surface area (Å²) in [6.45, 7) is 3.64. The Hall–Kier alpha value is -4.93. The van der Waals surface area contributed by atoms with Gasteiger partial charge in [0.2, 0.25) is 0 Å². The van der Waals surface area contributed by atoms with Gasteiger partial charge in [0.1, 0.15) is 17.7 Å². The predicted octanol–water partition coefficient (Wildman–Crippen LogP) is 2.89. The van der Waals surface area contributed by atoms with E-state index in [0.717, 1.165) is 5.69 Å². The molecule has 4 aromatic rings. The Morgan fingerprint density at radius 3 is 2.53 bits per heavy atom. The molecule has 11 nitrogen and oxygen atoms in total. The zero-order valence-corrected chi connectivity index (χ0v) is 21.1. The predicted molar refractivity (Wildman–Crippen MR) is 139 cm³/mol. The molecule has 11 heteroatoms. The number of para-hydroxylation sites is 1. The molecule has 0 radical (unpaired) electrons. The molecule has 0 saturated carbocycles. The Morgan fingerprint density at radius 1 is 1.08 bits per heavy atom. The number of nitrogens with zero attached hydrogens (tertiary/aromatic N) is 4. The molecule has 0 aliphatic carbocycles. The van der Waals surface area contributed by atoms with Crippen molar-refractivity contribution in [3.63, 3.8) is 0 Å². The first-order valence-electron chi connectivity index (χ1n) is 12.0. The molecule has 2 aromatic heterocycles. The van der Waals surface area contributed by atoms with Gasteiger partial charge in [-0.15, -0.1) is 0 Å². The highest BCUT2D eigenvalue weighted by Crippen LogP contribution is 2.29. The summed E-state index contributed by atoms with van der Waals surface area (Å²) >= 11 is 0. The summed E-state index contributed by atoms with van der Waals surface area (Å²) in [5, 5.41) is 10.1. The number of esters is 1. The monoisotopic (exact) mass is 514 g/mol. The molecule has 1 aliphatic rings. The molecule has 1 unspecified atom stereocenters. The number of hydrogen-bond acceptors (Lipinski definition) is 7. The molecule has 0 fully saturated rings. The molecule has 2 aromatic carbocycles. The SMILES string of the molecule is CCOC(=O)C1=C(C)NC(=O)NC1c1ccc(OCc2nc3c(cnn3-c3ccccc3)c(=O)n2C)cc1. The fourth-order valence-corrected chi connectivity index (χ4v) is 4.31. The van der Waals surface area contributed by atoms with Gasteiger partial charge in [0, 0.05) is 12.7 Å². The van der Waals surface area contributed by atoms with Crippen molar-refractivity contribution in [3.8, 4) is 11.4 Å². The van der Waals surface area contributed by atoms with Crippen molar-refractivity contribution in [3.05, 3.63) is 93.8 Å². The number of carbonyl (C=O) groups is 2. The lowest BCUT2D eigenvalue weighted by Crippen LogP contribution is -2.45. The van der Waals surface area contributed by atoms with Gasteiger partial charge in [-0.25, -0.2) is 19.3 Å². The molecular formula is C27H26N6O5. The van der Waals surface area contributed by atoms with E-state index in [1.54, 1.807) is 49.8 Å². The van der Waals surface area contributed by atoms with Crippen molar-refractivity contribution >= 4 is 23.0 Å². The van der Waals surface area contributed by atoms with Crippen LogP contribution in [-0.2, 0) is 23.2 Å². The van der Waals surface area contributed by atoms with E-state index in [1.807, 2.05) is 30.3 Å². The van der Waals surface area contributed by atoms with Gasteiger partial charge in [-0.2, -0.15) is 5.10 Å². The lowest BCUT2D eigenvalue weighted by atomic mass is 9.95. The third-order valence-corrected chi connectivity index (χ3v) is 6.25. The third kappa shape index (κ3) is 4.61. The molecule has 38 heavy (non-hydrogen) atoms.